The van der Waals surface area contributed by atoms with Crippen LogP contribution in [0.3, 0.4) is 0 Å². The van der Waals surface area contributed by atoms with Crippen LogP contribution < -0.4 is 4.74 Å². The first-order valence-corrected chi connectivity index (χ1v) is 5.14. The number of aryl methyl sites for hydroxylation is 2. The molecule has 0 atom stereocenters. The highest BCUT2D eigenvalue weighted by Crippen LogP contribution is 2.31. The van der Waals surface area contributed by atoms with Gasteiger partial charge in [-0.1, -0.05) is 38.3 Å². The van der Waals surface area contributed by atoms with E-state index in [0.717, 1.165) is 23.3 Å². The average molecular weight is 202 g/mol. The zero-order chi connectivity index (χ0) is 11.4. The number of hydrogen-bond donors (Lipinski definition) is 0. The molecule has 0 aromatic heterocycles. The third kappa shape index (κ3) is 1.96. The maximum Gasteiger partial charge on any atom is 0.129 e. The highest BCUT2D eigenvalue weighted by molar-refractivity contribution is 5.72. The average Bonchev–Trinajstić information content (AvgIpc) is 2.27. The normalized spacial score (nSPS) is 9.80. The fourth-order valence-electron chi connectivity index (χ4n) is 1.89. The van der Waals surface area contributed by atoms with Gasteiger partial charge in [-0.3, -0.25) is 0 Å². The SMILES string of the molecule is C=Cc1c(C)cc(CC)c(OC)c1C=C. The van der Waals surface area contributed by atoms with E-state index in [-0.39, 0.29) is 0 Å². The largest absolute Gasteiger partial charge is 0.496 e. The van der Waals surface area contributed by atoms with E-state index in [9.17, 15) is 0 Å². The van der Waals surface area contributed by atoms with E-state index in [4.69, 9.17) is 4.74 Å². The lowest BCUT2D eigenvalue weighted by Gasteiger charge is -2.15. The van der Waals surface area contributed by atoms with Gasteiger partial charge in [0.15, 0.2) is 0 Å². The molecule has 0 radical (unpaired) electrons. The minimum absolute atomic E-state index is 0.924. The van der Waals surface area contributed by atoms with Crippen LogP contribution in [0.5, 0.6) is 5.75 Å². The molecule has 0 spiro atoms. The summed E-state index contributed by atoms with van der Waals surface area (Å²) in [5.74, 6) is 0.924. The molecule has 0 unspecified atom stereocenters. The van der Waals surface area contributed by atoms with Crippen molar-refractivity contribution in [2.45, 2.75) is 20.3 Å². The summed E-state index contributed by atoms with van der Waals surface area (Å²) in [5.41, 5.74) is 4.59. The molecule has 80 valence electrons. The fourth-order valence-corrected chi connectivity index (χ4v) is 1.89. The maximum atomic E-state index is 5.44. The molecule has 1 aromatic rings. The van der Waals surface area contributed by atoms with Gasteiger partial charge in [0.05, 0.1) is 7.11 Å². The van der Waals surface area contributed by atoms with E-state index in [1.165, 1.54) is 11.1 Å². The summed E-state index contributed by atoms with van der Waals surface area (Å²) in [5, 5.41) is 0. The monoisotopic (exact) mass is 202 g/mol. The Kier molecular flexibility index (Phi) is 3.73. The van der Waals surface area contributed by atoms with Crippen LogP contribution in [-0.2, 0) is 6.42 Å². The first kappa shape index (κ1) is 11.6. The second-order valence-electron chi connectivity index (χ2n) is 3.47. The van der Waals surface area contributed by atoms with Gasteiger partial charge in [0, 0.05) is 5.56 Å². The van der Waals surface area contributed by atoms with Crippen LogP contribution in [0.25, 0.3) is 12.2 Å². The molecular weight excluding hydrogens is 184 g/mol. The van der Waals surface area contributed by atoms with Crippen LogP contribution in [0, 0.1) is 6.92 Å². The zero-order valence-corrected chi connectivity index (χ0v) is 9.76. The second kappa shape index (κ2) is 4.83. The summed E-state index contributed by atoms with van der Waals surface area (Å²) in [7, 11) is 1.70. The Morgan fingerprint density at radius 2 is 1.87 bits per heavy atom. The summed E-state index contributed by atoms with van der Waals surface area (Å²) in [4.78, 5) is 0. The van der Waals surface area contributed by atoms with Crippen molar-refractivity contribution < 1.29 is 4.74 Å². The van der Waals surface area contributed by atoms with Crippen molar-refractivity contribution in [3.05, 3.63) is 41.5 Å². The molecule has 1 aromatic carbocycles. The molecule has 0 saturated heterocycles. The van der Waals surface area contributed by atoms with E-state index in [1.54, 1.807) is 7.11 Å². The first-order valence-electron chi connectivity index (χ1n) is 5.14. The van der Waals surface area contributed by atoms with Crippen LogP contribution in [0.4, 0.5) is 0 Å². The minimum Gasteiger partial charge on any atom is -0.496 e. The number of ether oxygens (including phenoxy) is 1. The van der Waals surface area contributed by atoms with Gasteiger partial charge in [-0.15, -0.1) is 0 Å². The van der Waals surface area contributed by atoms with Crippen LogP contribution in [0.2, 0.25) is 0 Å². The molecule has 0 aliphatic carbocycles. The minimum atomic E-state index is 0.924. The van der Waals surface area contributed by atoms with E-state index in [1.807, 2.05) is 12.2 Å². The molecule has 0 heterocycles. The van der Waals surface area contributed by atoms with Crippen molar-refractivity contribution in [2.75, 3.05) is 7.11 Å². The van der Waals surface area contributed by atoms with Crippen molar-refractivity contribution in [1.82, 2.24) is 0 Å². The van der Waals surface area contributed by atoms with Crippen LogP contribution in [0.1, 0.15) is 29.2 Å². The first-order chi connectivity index (χ1) is 7.19. The van der Waals surface area contributed by atoms with E-state index in [0.29, 0.717) is 0 Å². The molecule has 1 heteroatoms. The fraction of sp³-hybridized carbons (Fsp3) is 0.286. The van der Waals surface area contributed by atoms with E-state index in [2.05, 4.69) is 33.1 Å². The van der Waals surface area contributed by atoms with Gasteiger partial charge in [0.2, 0.25) is 0 Å². The molecule has 1 nitrogen and oxygen atoms in total. The summed E-state index contributed by atoms with van der Waals surface area (Å²) in [6, 6.07) is 2.16. The molecule has 0 fully saturated rings. The number of rotatable bonds is 4. The van der Waals surface area contributed by atoms with Gasteiger partial charge in [-0.2, -0.15) is 0 Å². The van der Waals surface area contributed by atoms with Crippen molar-refractivity contribution in [1.29, 1.82) is 0 Å². The van der Waals surface area contributed by atoms with Crippen molar-refractivity contribution in [3.8, 4) is 5.75 Å². The van der Waals surface area contributed by atoms with Crippen LogP contribution in [0.15, 0.2) is 19.2 Å². The summed E-state index contributed by atoms with van der Waals surface area (Å²) in [6.07, 6.45) is 4.65. The number of hydrogen-bond acceptors (Lipinski definition) is 1. The lowest BCUT2D eigenvalue weighted by molar-refractivity contribution is 0.409. The molecule has 0 saturated carbocycles. The molecule has 0 amide bonds. The lowest BCUT2D eigenvalue weighted by atomic mass is 9.95. The van der Waals surface area contributed by atoms with Crippen molar-refractivity contribution in [3.63, 3.8) is 0 Å². The van der Waals surface area contributed by atoms with Gasteiger partial charge >= 0.3 is 0 Å². The van der Waals surface area contributed by atoms with Gasteiger partial charge in [0.1, 0.15) is 5.75 Å². The predicted octanol–water partition coefficient (Wildman–Crippen LogP) is 3.85. The van der Waals surface area contributed by atoms with Crippen molar-refractivity contribution >= 4 is 12.2 Å². The molecule has 0 bridgehead atoms. The lowest BCUT2D eigenvalue weighted by Crippen LogP contribution is -1.98. The predicted molar refractivity (Wildman–Crippen MR) is 67.3 cm³/mol. The Balaban J connectivity index is 3.58. The molecule has 15 heavy (non-hydrogen) atoms. The summed E-state index contributed by atoms with van der Waals surface area (Å²) >= 11 is 0. The molecule has 0 aliphatic rings. The van der Waals surface area contributed by atoms with E-state index < -0.39 is 0 Å². The van der Waals surface area contributed by atoms with Gasteiger partial charge in [-0.05, 0) is 30.0 Å². The highest BCUT2D eigenvalue weighted by Gasteiger charge is 2.11. The molecule has 0 N–H and O–H groups in total. The standard InChI is InChI=1S/C14H18O/c1-6-11-9-10(4)12(7-2)13(8-3)14(11)15-5/h7-9H,2-3,6H2,1,4-5H3. The van der Waals surface area contributed by atoms with E-state index >= 15 is 0 Å². The van der Waals surface area contributed by atoms with Gasteiger partial charge in [0.25, 0.3) is 0 Å². The maximum absolute atomic E-state index is 5.44. The zero-order valence-electron chi connectivity index (χ0n) is 9.76. The topological polar surface area (TPSA) is 9.23 Å². The molecule has 0 aliphatic heterocycles. The quantitative estimate of drug-likeness (QED) is 0.720. The molecule has 1 rings (SSSR count). The summed E-state index contributed by atoms with van der Waals surface area (Å²) < 4.78 is 5.44. The van der Waals surface area contributed by atoms with Crippen LogP contribution in [-0.4, -0.2) is 7.11 Å². The Morgan fingerprint density at radius 1 is 1.27 bits per heavy atom. The Labute approximate surface area is 92.1 Å². The third-order valence-corrected chi connectivity index (χ3v) is 2.64. The van der Waals surface area contributed by atoms with Crippen LogP contribution >= 0.6 is 0 Å². The highest BCUT2D eigenvalue weighted by atomic mass is 16.5. The van der Waals surface area contributed by atoms with Gasteiger partial charge < -0.3 is 4.74 Å². The number of benzene rings is 1. The van der Waals surface area contributed by atoms with Crippen molar-refractivity contribution in [2.24, 2.45) is 0 Å². The number of methoxy groups -OCH3 is 1. The third-order valence-electron chi connectivity index (χ3n) is 2.64. The summed E-state index contributed by atoms with van der Waals surface area (Å²) in [6.45, 7) is 11.9. The van der Waals surface area contributed by atoms with Gasteiger partial charge in [-0.25, -0.2) is 0 Å². The Morgan fingerprint density at radius 3 is 2.27 bits per heavy atom. The second-order valence-corrected chi connectivity index (χ2v) is 3.47. The Bertz CT molecular complexity index is 389. The Hall–Kier alpha value is -1.50. The molecular formula is C14H18O. The smallest absolute Gasteiger partial charge is 0.129 e.